The average molecular weight is 298 g/mol. The molecule has 0 saturated heterocycles. The molecule has 1 aromatic rings. The van der Waals surface area contributed by atoms with Crippen LogP contribution in [0.25, 0.3) is 0 Å². The van der Waals surface area contributed by atoms with E-state index in [1.54, 1.807) is 0 Å². The first-order valence-corrected chi connectivity index (χ1v) is 7.19. The second-order valence-electron chi connectivity index (χ2n) is 4.59. The van der Waals surface area contributed by atoms with Crippen molar-refractivity contribution in [1.29, 1.82) is 0 Å². The maximum Gasteiger partial charge on any atom is 0.0949 e. The molecule has 0 heterocycles. The van der Waals surface area contributed by atoms with Gasteiger partial charge in [-0.25, -0.2) is 0 Å². The number of halogens is 1. The first-order valence-electron chi connectivity index (χ1n) is 6.40. The Labute approximate surface area is 112 Å². The van der Waals surface area contributed by atoms with Crippen LogP contribution in [0.2, 0.25) is 0 Å². The summed E-state index contributed by atoms with van der Waals surface area (Å²) >= 11 is 3.46. The normalized spacial score (nSPS) is 17.1. The Morgan fingerprint density at radius 1 is 1.35 bits per heavy atom. The summed E-state index contributed by atoms with van der Waals surface area (Å²) in [6, 6.07) is 9.17. The van der Waals surface area contributed by atoms with Gasteiger partial charge >= 0.3 is 0 Å². The zero-order valence-corrected chi connectivity index (χ0v) is 11.9. The third kappa shape index (κ3) is 4.41. The van der Waals surface area contributed by atoms with Crippen LogP contribution in [0.3, 0.4) is 0 Å². The predicted octanol–water partition coefficient (Wildman–Crippen LogP) is 3.67. The molecule has 0 amide bonds. The van der Waals surface area contributed by atoms with Crippen LogP contribution in [0.15, 0.2) is 28.7 Å². The lowest BCUT2D eigenvalue weighted by molar-refractivity contribution is 0.0527. The van der Waals surface area contributed by atoms with Gasteiger partial charge in [0.05, 0.1) is 6.10 Å². The van der Waals surface area contributed by atoms with Gasteiger partial charge in [-0.2, -0.15) is 0 Å². The first-order chi connectivity index (χ1) is 8.29. The van der Waals surface area contributed by atoms with Gasteiger partial charge in [0.15, 0.2) is 0 Å². The summed E-state index contributed by atoms with van der Waals surface area (Å²) in [5.41, 5.74) is 1.26. The number of ether oxygens (including phenoxy) is 1. The molecule has 1 atom stereocenters. The number of nitrogens with one attached hydrogen (secondary N) is 1. The third-order valence-electron chi connectivity index (χ3n) is 2.93. The fourth-order valence-electron chi connectivity index (χ4n) is 1.77. The minimum absolute atomic E-state index is 0.184. The minimum atomic E-state index is 0.184. The maximum atomic E-state index is 5.92. The molecule has 2 nitrogen and oxygen atoms in total. The van der Waals surface area contributed by atoms with E-state index in [-0.39, 0.29) is 6.10 Å². The second kappa shape index (κ2) is 6.53. The monoisotopic (exact) mass is 297 g/mol. The molecule has 0 bridgehead atoms. The highest BCUT2D eigenvalue weighted by Crippen LogP contribution is 2.23. The number of hydrogen-bond donors (Lipinski definition) is 1. The average Bonchev–Trinajstić information content (AvgIpc) is 3.15. The molecule has 0 aromatic heterocycles. The standard InChI is InChI=1S/C14H20BrNO/c1-2-9-17-14(10-16-13-7-8-13)11-3-5-12(15)6-4-11/h3-6,13-14,16H,2,7-10H2,1H3. The van der Waals surface area contributed by atoms with Crippen molar-refractivity contribution in [1.82, 2.24) is 5.32 Å². The zero-order valence-electron chi connectivity index (χ0n) is 10.3. The van der Waals surface area contributed by atoms with E-state index in [1.807, 2.05) is 0 Å². The summed E-state index contributed by atoms with van der Waals surface area (Å²) < 4.78 is 7.03. The van der Waals surface area contributed by atoms with Crippen molar-refractivity contribution in [3.05, 3.63) is 34.3 Å². The van der Waals surface area contributed by atoms with Gasteiger partial charge in [-0.15, -0.1) is 0 Å². The molecule has 1 aromatic carbocycles. The summed E-state index contributed by atoms with van der Waals surface area (Å²) in [6.45, 7) is 3.90. The fourth-order valence-corrected chi connectivity index (χ4v) is 2.04. The Morgan fingerprint density at radius 3 is 2.65 bits per heavy atom. The van der Waals surface area contributed by atoms with E-state index in [1.165, 1.54) is 18.4 Å². The molecule has 0 radical (unpaired) electrons. The molecule has 3 heteroatoms. The van der Waals surface area contributed by atoms with Crippen molar-refractivity contribution in [2.45, 2.75) is 38.3 Å². The van der Waals surface area contributed by atoms with Crippen molar-refractivity contribution in [2.24, 2.45) is 0 Å². The van der Waals surface area contributed by atoms with E-state index in [9.17, 15) is 0 Å². The van der Waals surface area contributed by atoms with Crippen LogP contribution < -0.4 is 5.32 Å². The van der Waals surface area contributed by atoms with Gasteiger partial charge in [0.2, 0.25) is 0 Å². The highest BCUT2D eigenvalue weighted by Gasteiger charge is 2.22. The fraction of sp³-hybridized carbons (Fsp3) is 0.571. The quantitative estimate of drug-likeness (QED) is 0.829. The Kier molecular flexibility index (Phi) is 5.01. The summed E-state index contributed by atoms with van der Waals surface area (Å²) in [5, 5.41) is 3.54. The van der Waals surface area contributed by atoms with Crippen LogP contribution >= 0.6 is 15.9 Å². The highest BCUT2D eigenvalue weighted by molar-refractivity contribution is 9.10. The highest BCUT2D eigenvalue weighted by atomic mass is 79.9. The van der Waals surface area contributed by atoms with E-state index < -0.39 is 0 Å². The van der Waals surface area contributed by atoms with Crippen LogP contribution in [0.1, 0.15) is 37.9 Å². The van der Waals surface area contributed by atoms with Crippen molar-refractivity contribution in [2.75, 3.05) is 13.2 Å². The van der Waals surface area contributed by atoms with E-state index in [0.717, 1.165) is 30.1 Å². The summed E-state index contributed by atoms with van der Waals surface area (Å²) in [6.07, 6.45) is 3.89. The van der Waals surface area contributed by atoms with Crippen LogP contribution in [0.5, 0.6) is 0 Å². The van der Waals surface area contributed by atoms with Gasteiger partial charge < -0.3 is 10.1 Å². The smallest absolute Gasteiger partial charge is 0.0949 e. The van der Waals surface area contributed by atoms with Gasteiger partial charge in [-0.1, -0.05) is 35.0 Å². The van der Waals surface area contributed by atoms with Crippen molar-refractivity contribution in [3.8, 4) is 0 Å². The van der Waals surface area contributed by atoms with Crippen molar-refractivity contribution in [3.63, 3.8) is 0 Å². The summed E-state index contributed by atoms with van der Waals surface area (Å²) in [4.78, 5) is 0. The van der Waals surface area contributed by atoms with E-state index in [0.29, 0.717) is 0 Å². The van der Waals surface area contributed by atoms with Gasteiger partial charge in [-0.05, 0) is 37.0 Å². The van der Waals surface area contributed by atoms with Gasteiger partial charge in [0.1, 0.15) is 0 Å². The second-order valence-corrected chi connectivity index (χ2v) is 5.51. The zero-order chi connectivity index (χ0) is 12.1. The third-order valence-corrected chi connectivity index (χ3v) is 3.46. The number of benzene rings is 1. The number of rotatable bonds is 7. The first kappa shape index (κ1) is 13.1. The van der Waals surface area contributed by atoms with Gasteiger partial charge in [0, 0.05) is 23.7 Å². The molecule has 17 heavy (non-hydrogen) atoms. The molecule has 1 unspecified atom stereocenters. The van der Waals surface area contributed by atoms with Crippen LogP contribution in [-0.2, 0) is 4.74 Å². The molecule has 1 N–H and O–H groups in total. The van der Waals surface area contributed by atoms with Crippen molar-refractivity contribution < 1.29 is 4.74 Å². The Bertz CT molecular complexity index is 335. The van der Waals surface area contributed by atoms with Crippen LogP contribution in [0.4, 0.5) is 0 Å². The summed E-state index contributed by atoms with van der Waals surface area (Å²) in [7, 11) is 0. The lowest BCUT2D eigenvalue weighted by atomic mass is 10.1. The molecule has 0 spiro atoms. The predicted molar refractivity (Wildman–Crippen MR) is 74.2 cm³/mol. The van der Waals surface area contributed by atoms with Crippen LogP contribution in [-0.4, -0.2) is 19.2 Å². The molecule has 0 aliphatic heterocycles. The Balaban J connectivity index is 1.93. The van der Waals surface area contributed by atoms with E-state index in [2.05, 4.69) is 52.4 Å². The lowest BCUT2D eigenvalue weighted by Crippen LogP contribution is -2.25. The minimum Gasteiger partial charge on any atom is -0.372 e. The molecular formula is C14H20BrNO. The Morgan fingerprint density at radius 2 is 2.06 bits per heavy atom. The van der Waals surface area contributed by atoms with Crippen LogP contribution in [0, 0.1) is 0 Å². The van der Waals surface area contributed by atoms with Gasteiger partial charge in [-0.3, -0.25) is 0 Å². The Hall–Kier alpha value is -0.380. The van der Waals surface area contributed by atoms with E-state index in [4.69, 9.17) is 4.74 Å². The molecule has 1 aliphatic carbocycles. The molecular weight excluding hydrogens is 278 g/mol. The lowest BCUT2D eigenvalue weighted by Gasteiger charge is -2.18. The molecule has 1 fully saturated rings. The van der Waals surface area contributed by atoms with E-state index >= 15 is 0 Å². The topological polar surface area (TPSA) is 21.3 Å². The summed E-state index contributed by atoms with van der Waals surface area (Å²) in [5.74, 6) is 0. The largest absolute Gasteiger partial charge is 0.372 e. The molecule has 1 saturated carbocycles. The van der Waals surface area contributed by atoms with Crippen molar-refractivity contribution >= 4 is 15.9 Å². The SMILES string of the molecule is CCCOC(CNC1CC1)c1ccc(Br)cc1. The molecule has 94 valence electrons. The molecule has 1 aliphatic rings. The van der Waals surface area contributed by atoms with Gasteiger partial charge in [0.25, 0.3) is 0 Å². The maximum absolute atomic E-state index is 5.92. The molecule has 2 rings (SSSR count). The number of hydrogen-bond acceptors (Lipinski definition) is 2.